The molecule has 1 saturated heterocycles. The third kappa shape index (κ3) is 2.93. The monoisotopic (exact) mass is 250 g/mol. The summed E-state index contributed by atoms with van der Waals surface area (Å²) in [7, 11) is -2.39. The van der Waals surface area contributed by atoms with E-state index in [1.807, 2.05) is 13.8 Å². The maximum Gasteiger partial charge on any atom is 0.322 e. The summed E-state index contributed by atoms with van der Waals surface area (Å²) in [6.07, 6.45) is 0. The van der Waals surface area contributed by atoms with Crippen molar-refractivity contribution in [1.29, 1.82) is 0 Å². The lowest BCUT2D eigenvalue weighted by Gasteiger charge is -2.37. The molecule has 0 aromatic carbocycles. The molecule has 1 N–H and O–H groups in total. The summed E-state index contributed by atoms with van der Waals surface area (Å²) in [6, 6.07) is -0.281. The van der Waals surface area contributed by atoms with Crippen molar-refractivity contribution < 1.29 is 17.9 Å². The number of carbonyl (C=O) groups is 1. The minimum absolute atomic E-state index is 0.140. The molecule has 16 heavy (non-hydrogen) atoms. The quantitative estimate of drug-likeness (QED) is 0.662. The van der Waals surface area contributed by atoms with Crippen molar-refractivity contribution in [1.82, 2.24) is 9.62 Å². The van der Waals surface area contributed by atoms with Crippen LogP contribution in [0.2, 0.25) is 0 Å². The van der Waals surface area contributed by atoms with Crippen molar-refractivity contribution in [2.75, 3.05) is 26.0 Å². The van der Waals surface area contributed by atoms with E-state index in [4.69, 9.17) is 0 Å². The van der Waals surface area contributed by atoms with Gasteiger partial charge in [-0.1, -0.05) is 0 Å². The third-order valence-corrected chi connectivity index (χ3v) is 4.56. The summed E-state index contributed by atoms with van der Waals surface area (Å²) in [5.74, 6) is -1.31. The smallest absolute Gasteiger partial charge is 0.322 e. The summed E-state index contributed by atoms with van der Waals surface area (Å²) < 4.78 is 29.7. The van der Waals surface area contributed by atoms with Gasteiger partial charge in [0.1, 0.15) is 0 Å². The van der Waals surface area contributed by atoms with Crippen LogP contribution in [0.5, 0.6) is 0 Å². The Morgan fingerprint density at radius 1 is 1.38 bits per heavy atom. The highest BCUT2D eigenvalue weighted by Crippen LogP contribution is 2.15. The number of methoxy groups -OCH3 is 1. The van der Waals surface area contributed by atoms with Crippen molar-refractivity contribution >= 4 is 16.0 Å². The van der Waals surface area contributed by atoms with Gasteiger partial charge in [-0.05, 0) is 13.8 Å². The molecule has 0 amide bonds. The standard InChI is InChI=1S/C9H18N2O4S/c1-7-4-10-5-8(2)11(7)16(13,14)6-9(12)15-3/h7-8,10H,4-6H2,1-3H3. The molecular formula is C9H18N2O4S. The first kappa shape index (κ1) is 13.4. The van der Waals surface area contributed by atoms with Gasteiger partial charge in [0.2, 0.25) is 10.0 Å². The van der Waals surface area contributed by atoms with Crippen LogP contribution in [0.15, 0.2) is 0 Å². The second-order valence-corrected chi connectivity index (χ2v) is 5.89. The van der Waals surface area contributed by atoms with E-state index < -0.39 is 21.7 Å². The second kappa shape index (κ2) is 5.11. The molecule has 1 heterocycles. The number of nitrogens with zero attached hydrogens (tertiary/aromatic N) is 1. The molecule has 0 saturated carbocycles. The van der Waals surface area contributed by atoms with E-state index in [1.54, 1.807) is 0 Å². The number of ether oxygens (including phenoxy) is 1. The fraction of sp³-hybridized carbons (Fsp3) is 0.889. The molecule has 94 valence electrons. The van der Waals surface area contributed by atoms with Crippen LogP contribution < -0.4 is 5.32 Å². The summed E-state index contributed by atoms with van der Waals surface area (Å²) in [5.41, 5.74) is 0. The number of piperazine rings is 1. The lowest BCUT2D eigenvalue weighted by Crippen LogP contribution is -2.58. The van der Waals surface area contributed by atoms with Gasteiger partial charge in [0.15, 0.2) is 5.75 Å². The number of hydrogen-bond acceptors (Lipinski definition) is 5. The van der Waals surface area contributed by atoms with E-state index >= 15 is 0 Å². The third-order valence-electron chi connectivity index (χ3n) is 2.60. The molecule has 0 aromatic rings. The number of hydrogen-bond donors (Lipinski definition) is 1. The molecular weight excluding hydrogens is 232 g/mol. The van der Waals surface area contributed by atoms with Crippen LogP contribution >= 0.6 is 0 Å². The molecule has 1 aliphatic heterocycles. The molecule has 0 aromatic heterocycles. The Bertz CT molecular complexity index is 345. The Morgan fingerprint density at radius 2 is 1.88 bits per heavy atom. The number of carbonyl (C=O) groups excluding carboxylic acids is 1. The number of esters is 1. The van der Waals surface area contributed by atoms with Crippen LogP contribution in [0.25, 0.3) is 0 Å². The number of nitrogens with one attached hydrogen (secondary N) is 1. The van der Waals surface area contributed by atoms with Gasteiger partial charge >= 0.3 is 5.97 Å². The van der Waals surface area contributed by atoms with Gasteiger partial charge in [-0.2, -0.15) is 4.31 Å². The lowest BCUT2D eigenvalue weighted by atomic mass is 10.2. The second-order valence-electron chi connectivity index (χ2n) is 4.02. The van der Waals surface area contributed by atoms with Gasteiger partial charge in [-0.3, -0.25) is 4.79 Å². The van der Waals surface area contributed by atoms with Crippen molar-refractivity contribution in [2.24, 2.45) is 0 Å². The zero-order chi connectivity index (χ0) is 12.3. The Kier molecular flexibility index (Phi) is 4.28. The average Bonchev–Trinajstić information content (AvgIpc) is 2.16. The van der Waals surface area contributed by atoms with Gasteiger partial charge in [0.05, 0.1) is 7.11 Å². The van der Waals surface area contributed by atoms with Gasteiger partial charge in [0.25, 0.3) is 0 Å². The fourth-order valence-electron chi connectivity index (χ4n) is 1.95. The first-order valence-corrected chi connectivity index (χ1v) is 6.78. The van der Waals surface area contributed by atoms with E-state index in [9.17, 15) is 13.2 Å². The van der Waals surface area contributed by atoms with Crippen molar-refractivity contribution in [3.05, 3.63) is 0 Å². The van der Waals surface area contributed by atoms with Crippen LogP contribution in [0.3, 0.4) is 0 Å². The predicted molar refractivity (Wildman–Crippen MR) is 59.4 cm³/mol. The van der Waals surface area contributed by atoms with E-state index in [2.05, 4.69) is 10.1 Å². The maximum absolute atomic E-state index is 12.0. The predicted octanol–water partition coefficient (Wildman–Crippen LogP) is -0.829. The summed E-state index contributed by atoms with van der Waals surface area (Å²) >= 11 is 0. The molecule has 2 unspecified atom stereocenters. The minimum atomic E-state index is -3.57. The van der Waals surface area contributed by atoms with Crippen LogP contribution in [0.1, 0.15) is 13.8 Å². The van der Waals surface area contributed by atoms with Gasteiger partial charge in [0, 0.05) is 25.2 Å². The zero-order valence-corrected chi connectivity index (χ0v) is 10.6. The Morgan fingerprint density at radius 3 is 2.31 bits per heavy atom. The molecule has 0 radical (unpaired) electrons. The molecule has 1 rings (SSSR count). The fourth-order valence-corrected chi connectivity index (χ4v) is 3.76. The van der Waals surface area contributed by atoms with Crippen LogP contribution in [-0.2, 0) is 19.6 Å². The lowest BCUT2D eigenvalue weighted by molar-refractivity contribution is -0.137. The van der Waals surface area contributed by atoms with Crippen molar-refractivity contribution in [2.45, 2.75) is 25.9 Å². The van der Waals surface area contributed by atoms with Crippen LogP contribution in [0, 0.1) is 0 Å². The summed E-state index contributed by atoms with van der Waals surface area (Å²) in [4.78, 5) is 11.0. The number of rotatable bonds is 3. The van der Waals surface area contributed by atoms with Gasteiger partial charge in [-0.25, -0.2) is 8.42 Å². The molecule has 0 spiro atoms. The number of sulfonamides is 1. The van der Waals surface area contributed by atoms with Gasteiger partial charge < -0.3 is 10.1 Å². The molecule has 0 bridgehead atoms. The van der Waals surface area contributed by atoms with E-state index in [0.29, 0.717) is 13.1 Å². The molecule has 0 aliphatic carbocycles. The first-order chi connectivity index (χ1) is 7.38. The highest BCUT2D eigenvalue weighted by atomic mass is 32.2. The maximum atomic E-state index is 12.0. The summed E-state index contributed by atoms with van der Waals surface area (Å²) in [5, 5.41) is 3.13. The van der Waals surface area contributed by atoms with Crippen molar-refractivity contribution in [3.8, 4) is 0 Å². The Balaban J connectivity index is 2.84. The molecule has 1 aliphatic rings. The molecule has 2 atom stereocenters. The molecule has 1 fully saturated rings. The summed E-state index contributed by atoms with van der Waals surface area (Å²) in [6.45, 7) is 4.84. The molecule has 6 nitrogen and oxygen atoms in total. The first-order valence-electron chi connectivity index (χ1n) is 5.17. The minimum Gasteiger partial charge on any atom is -0.468 e. The van der Waals surface area contributed by atoms with E-state index in [1.165, 1.54) is 11.4 Å². The van der Waals surface area contributed by atoms with Gasteiger partial charge in [-0.15, -0.1) is 0 Å². The zero-order valence-electron chi connectivity index (χ0n) is 9.76. The largest absolute Gasteiger partial charge is 0.468 e. The topological polar surface area (TPSA) is 75.7 Å². The Labute approximate surface area is 96.0 Å². The molecule has 7 heteroatoms. The average molecular weight is 250 g/mol. The van der Waals surface area contributed by atoms with E-state index in [0.717, 1.165) is 0 Å². The van der Waals surface area contributed by atoms with Crippen LogP contribution in [-0.4, -0.2) is 56.7 Å². The highest BCUT2D eigenvalue weighted by molar-refractivity contribution is 7.89. The SMILES string of the molecule is COC(=O)CS(=O)(=O)N1C(C)CNCC1C. The Hall–Kier alpha value is -0.660. The highest BCUT2D eigenvalue weighted by Gasteiger charge is 2.35. The van der Waals surface area contributed by atoms with Crippen LogP contribution in [0.4, 0.5) is 0 Å². The normalized spacial score (nSPS) is 27.7. The van der Waals surface area contributed by atoms with Crippen molar-refractivity contribution in [3.63, 3.8) is 0 Å². The van der Waals surface area contributed by atoms with E-state index in [-0.39, 0.29) is 12.1 Å².